The molecule has 146 valence electrons. The van der Waals surface area contributed by atoms with E-state index in [1.807, 2.05) is 6.07 Å². The molecule has 1 heterocycles. The van der Waals surface area contributed by atoms with E-state index in [1.54, 1.807) is 31.2 Å². The first kappa shape index (κ1) is 20.9. The van der Waals surface area contributed by atoms with E-state index in [0.29, 0.717) is 16.4 Å². The fourth-order valence-corrected chi connectivity index (χ4v) is 2.61. The summed E-state index contributed by atoms with van der Waals surface area (Å²) in [6.45, 7) is 6.86. The van der Waals surface area contributed by atoms with Crippen molar-refractivity contribution in [3.05, 3.63) is 29.8 Å². The second-order valence-corrected chi connectivity index (χ2v) is 6.48. The number of nitrogens with one attached hydrogen (secondary N) is 3. The fourth-order valence-electron chi connectivity index (χ4n) is 2.46. The van der Waals surface area contributed by atoms with Gasteiger partial charge in [-0.15, -0.1) is 0 Å². The highest BCUT2D eigenvalue weighted by Gasteiger charge is 2.15. The minimum absolute atomic E-state index is 0.350. The molecule has 9 heteroatoms. The lowest BCUT2D eigenvalue weighted by Gasteiger charge is -2.26. The van der Waals surface area contributed by atoms with E-state index >= 15 is 0 Å². The standard InChI is InChI=1S/C18H25N5O3S/c1-14(26-16-5-3-15(13-19)4-6-16)17(24)21-22-18(27)20-7-2-8-23-9-11-25-12-10-23/h3-6,14H,2,7-12H2,1H3,(H,21,24)(H2,20,22,27)/t14-/m1/s1. The van der Waals surface area contributed by atoms with Gasteiger partial charge in [-0.2, -0.15) is 5.26 Å². The van der Waals surface area contributed by atoms with Gasteiger partial charge in [0, 0.05) is 19.6 Å². The Bertz CT molecular complexity index is 656. The third-order valence-corrected chi connectivity index (χ3v) is 4.25. The zero-order valence-corrected chi connectivity index (χ0v) is 16.2. The molecular formula is C18H25N5O3S. The monoisotopic (exact) mass is 391 g/mol. The predicted octanol–water partition coefficient (Wildman–Crippen LogP) is 0.543. The first-order valence-corrected chi connectivity index (χ1v) is 9.30. The predicted molar refractivity (Wildman–Crippen MR) is 105 cm³/mol. The van der Waals surface area contributed by atoms with Crippen LogP contribution in [0.5, 0.6) is 5.75 Å². The summed E-state index contributed by atoms with van der Waals surface area (Å²) in [6, 6.07) is 8.59. The fraction of sp³-hybridized carbons (Fsp3) is 0.500. The molecule has 0 spiro atoms. The molecule has 0 radical (unpaired) electrons. The van der Waals surface area contributed by atoms with E-state index in [1.165, 1.54) is 0 Å². The van der Waals surface area contributed by atoms with Crippen LogP contribution in [0.15, 0.2) is 24.3 Å². The van der Waals surface area contributed by atoms with Gasteiger partial charge in [-0.05, 0) is 56.4 Å². The number of carbonyl (C=O) groups excluding carboxylic acids is 1. The summed E-state index contributed by atoms with van der Waals surface area (Å²) in [4.78, 5) is 14.4. The molecule has 0 aromatic heterocycles. The number of hydrazine groups is 1. The van der Waals surface area contributed by atoms with Gasteiger partial charge in [0.1, 0.15) is 5.75 Å². The molecule has 3 N–H and O–H groups in total. The van der Waals surface area contributed by atoms with Gasteiger partial charge in [0.25, 0.3) is 5.91 Å². The molecule has 1 fully saturated rings. The van der Waals surface area contributed by atoms with Crippen molar-refractivity contribution >= 4 is 23.2 Å². The van der Waals surface area contributed by atoms with E-state index in [9.17, 15) is 4.79 Å². The minimum atomic E-state index is -0.713. The molecule has 0 bridgehead atoms. The SMILES string of the molecule is C[C@@H](Oc1ccc(C#N)cc1)C(=O)NNC(=S)NCCCN1CCOCC1. The number of amides is 1. The molecule has 1 atom stereocenters. The molecule has 0 aliphatic carbocycles. The molecule has 1 aliphatic heterocycles. The number of thiocarbonyl (C=S) groups is 1. The lowest BCUT2D eigenvalue weighted by molar-refractivity contribution is -0.127. The van der Waals surface area contributed by atoms with Crippen molar-refractivity contribution in [1.82, 2.24) is 21.1 Å². The van der Waals surface area contributed by atoms with Crippen molar-refractivity contribution in [3.63, 3.8) is 0 Å². The van der Waals surface area contributed by atoms with Crippen LogP contribution in [-0.2, 0) is 9.53 Å². The molecule has 27 heavy (non-hydrogen) atoms. The van der Waals surface area contributed by atoms with Crippen LogP contribution in [0.4, 0.5) is 0 Å². The average Bonchev–Trinajstić information content (AvgIpc) is 2.70. The van der Waals surface area contributed by atoms with E-state index in [4.69, 9.17) is 27.0 Å². The number of nitrogens with zero attached hydrogens (tertiary/aromatic N) is 2. The van der Waals surface area contributed by atoms with E-state index in [-0.39, 0.29) is 5.91 Å². The molecule has 1 amide bonds. The van der Waals surface area contributed by atoms with E-state index in [0.717, 1.165) is 45.8 Å². The molecule has 2 rings (SSSR count). The number of rotatable bonds is 7. The van der Waals surface area contributed by atoms with Crippen molar-refractivity contribution in [3.8, 4) is 11.8 Å². The molecule has 8 nitrogen and oxygen atoms in total. The maximum atomic E-state index is 12.1. The van der Waals surface area contributed by atoms with Gasteiger partial charge in [-0.3, -0.25) is 20.5 Å². The number of benzene rings is 1. The maximum absolute atomic E-state index is 12.1. The average molecular weight is 391 g/mol. The van der Waals surface area contributed by atoms with Crippen molar-refractivity contribution in [2.75, 3.05) is 39.4 Å². The van der Waals surface area contributed by atoms with Crippen molar-refractivity contribution in [1.29, 1.82) is 5.26 Å². The van der Waals surface area contributed by atoms with Gasteiger partial charge in [0.15, 0.2) is 11.2 Å². The number of hydrogen-bond donors (Lipinski definition) is 3. The molecule has 1 aromatic rings. The maximum Gasteiger partial charge on any atom is 0.279 e. The van der Waals surface area contributed by atoms with Gasteiger partial charge in [-0.1, -0.05) is 0 Å². The summed E-state index contributed by atoms with van der Waals surface area (Å²) < 4.78 is 10.8. The number of hydrogen-bond acceptors (Lipinski definition) is 6. The Balaban J connectivity index is 1.59. The summed E-state index contributed by atoms with van der Waals surface area (Å²) >= 11 is 5.14. The highest BCUT2D eigenvalue weighted by atomic mass is 32.1. The van der Waals surface area contributed by atoms with E-state index < -0.39 is 6.10 Å². The van der Waals surface area contributed by atoms with Crippen LogP contribution >= 0.6 is 12.2 Å². The zero-order chi connectivity index (χ0) is 19.5. The third kappa shape index (κ3) is 7.78. The lowest BCUT2D eigenvalue weighted by Crippen LogP contribution is -2.50. The number of ether oxygens (including phenoxy) is 2. The number of morpholine rings is 1. The van der Waals surface area contributed by atoms with Crippen molar-refractivity contribution < 1.29 is 14.3 Å². The van der Waals surface area contributed by atoms with Crippen LogP contribution in [0.3, 0.4) is 0 Å². The smallest absolute Gasteiger partial charge is 0.279 e. The summed E-state index contributed by atoms with van der Waals surface area (Å²) in [7, 11) is 0. The largest absolute Gasteiger partial charge is 0.481 e. The van der Waals surface area contributed by atoms with Gasteiger partial charge in [0.05, 0.1) is 24.8 Å². The van der Waals surface area contributed by atoms with Crippen molar-refractivity contribution in [2.24, 2.45) is 0 Å². The van der Waals surface area contributed by atoms with E-state index in [2.05, 4.69) is 21.1 Å². The Labute approximate surface area is 164 Å². The van der Waals surface area contributed by atoms with Crippen LogP contribution in [0.25, 0.3) is 0 Å². The first-order valence-electron chi connectivity index (χ1n) is 8.89. The Morgan fingerprint density at radius 2 is 2.04 bits per heavy atom. The molecule has 0 saturated carbocycles. The molecular weight excluding hydrogens is 366 g/mol. The molecule has 0 unspecified atom stereocenters. The third-order valence-electron chi connectivity index (χ3n) is 4.01. The van der Waals surface area contributed by atoms with Gasteiger partial charge in [0.2, 0.25) is 0 Å². The van der Waals surface area contributed by atoms with Crippen LogP contribution in [0.2, 0.25) is 0 Å². The van der Waals surface area contributed by atoms with Crippen LogP contribution < -0.4 is 20.9 Å². The summed E-state index contributed by atoms with van der Waals surface area (Å²) in [5.74, 6) is 0.164. The Morgan fingerprint density at radius 1 is 1.33 bits per heavy atom. The summed E-state index contributed by atoms with van der Waals surface area (Å²) in [5, 5.41) is 12.2. The highest BCUT2D eigenvalue weighted by Crippen LogP contribution is 2.13. The quantitative estimate of drug-likeness (QED) is 0.352. The van der Waals surface area contributed by atoms with Gasteiger partial charge in [-0.25, -0.2) is 0 Å². The Morgan fingerprint density at radius 3 is 2.70 bits per heavy atom. The van der Waals surface area contributed by atoms with Crippen LogP contribution in [-0.4, -0.2) is 61.4 Å². The van der Waals surface area contributed by atoms with Crippen LogP contribution in [0.1, 0.15) is 18.9 Å². The molecule has 1 saturated heterocycles. The first-order chi connectivity index (χ1) is 13.1. The molecule has 1 aliphatic rings. The van der Waals surface area contributed by atoms with Crippen LogP contribution in [0, 0.1) is 11.3 Å². The zero-order valence-electron chi connectivity index (χ0n) is 15.4. The van der Waals surface area contributed by atoms with Crippen molar-refractivity contribution in [2.45, 2.75) is 19.4 Å². The Hall–Kier alpha value is -2.41. The topological polar surface area (TPSA) is 98.6 Å². The van der Waals surface area contributed by atoms with Gasteiger partial charge < -0.3 is 14.8 Å². The second kappa shape index (κ2) is 11.3. The number of nitriles is 1. The second-order valence-electron chi connectivity index (χ2n) is 6.07. The Kier molecular flexibility index (Phi) is 8.77. The normalized spacial score (nSPS) is 15.3. The lowest BCUT2D eigenvalue weighted by atomic mass is 10.2. The molecule has 1 aromatic carbocycles. The van der Waals surface area contributed by atoms with Gasteiger partial charge >= 0.3 is 0 Å². The highest BCUT2D eigenvalue weighted by molar-refractivity contribution is 7.80. The number of carbonyl (C=O) groups is 1. The minimum Gasteiger partial charge on any atom is -0.481 e. The summed E-state index contributed by atoms with van der Waals surface area (Å²) in [6.07, 6.45) is 0.239. The summed E-state index contributed by atoms with van der Waals surface area (Å²) in [5.41, 5.74) is 5.72.